The molecule has 3 aromatic rings. The number of hydrogen-bond acceptors (Lipinski definition) is 4. The third kappa shape index (κ3) is 3.69. The van der Waals surface area contributed by atoms with Crippen molar-refractivity contribution in [1.29, 1.82) is 0 Å². The highest BCUT2D eigenvalue weighted by Gasteiger charge is 2.42. The summed E-state index contributed by atoms with van der Waals surface area (Å²) in [5.74, 6) is -1.42. The number of carbonyl (C=O) groups excluding carboxylic acids is 1. The summed E-state index contributed by atoms with van der Waals surface area (Å²) < 4.78 is 59.8. The molecule has 2 heterocycles. The number of nitrogens with one attached hydrogen (secondary N) is 1. The molecule has 1 aromatic carbocycles. The van der Waals surface area contributed by atoms with E-state index in [2.05, 4.69) is 9.97 Å². The normalized spacial score (nSPS) is 12.8. The third-order valence-electron chi connectivity index (χ3n) is 3.82. The Labute approximate surface area is 150 Å². The molecule has 142 valence electrons. The van der Waals surface area contributed by atoms with Crippen molar-refractivity contribution in [2.75, 3.05) is 7.11 Å². The van der Waals surface area contributed by atoms with Crippen LogP contribution < -0.4 is 10.1 Å². The van der Waals surface area contributed by atoms with Gasteiger partial charge in [0.15, 0.2) is 17.4 Å². The van der Waals surface area contributed by atoms with E-state index in [1.54, 1.807) is 13.0 Å². The lowest BCUT2D eigenvalue weighted by Crippen LogP contribution is -2.38. The molecular weight excluding hydrogens is 368 g/mol. The molecule has 0 saturated heterocycles. The maximum absolute atomic E-state index is 13.4. The second-order valence-corrected chi connectivity index (χ2v) is 5.73. The van der Waals surface area contributed by atoms with Crippen LogP contribution in [0.5, 0.6) is 5.88 Å². The summed E-state index contributed by atoms with van der Waals surface area (Å²) in [6, 6.07) is 2.97. The number of amides is 1. The lowest BCUT2D eigenvalue weighted by molar-refractivity contribution is -0.155. The molecule has 0 saturated carbocycles. The fraction of sp³-hybridized carbons (Fsp3) is 0.235. The lowest BCUT2D eigenvalue weighted by atomic mass is 10.1. The summed E-state index contributed by atoms with van der Waals surface area (Å²) >= 11 is 0. The van der Waals surface area contributed by atoms with Crippen LogP contribution in [0.15, 0.2) is 36.7 Å². The third-order valence-corrected chi connectivity index (χ3v) is 3.82. The molecule has 6 nitrogen and oxygen atoms in total. The van der Waals surface area contributed by atoms with Crippen LogP contribution >= 0.6 is 0 Å². The first-order chi connectivity index (χ1) is 12.7. The second-order valence-electron chi connectivity index (χ2n) is 5.73. The first-order valence-corrected chi connectivity index (χ1v) is 7.72. The number of aryl methyl sites for hydroxylation is 1. The number of carbonyl (C=O) groups is 1. The molecule has 1 atom stereocenters. The number of ether oxygens (including phenoxy) is 1. The highest BCUT2D eigenvalue weighted by atomic mass is 19.4. The molecule has 3 rings (SSSR count). The Morgan fingerprint density at radius 3 is 2.52 bits per heavy atom. The zero-order chi connectivity index (χ0) is 19.8. The SMILES string of the molecule is COc1cc(C)nc2c(C(=O)NC(c3ccc(F)cc3)C(F)(F)F)ncn12. The molecule has 10 heteroatoms. The van der Waals surface area contributed by atoms with Crippen LogP contribution in [-0.4, -0.2) is 33.6 Å². The molecule has 0 aliphatic carbocycles. The van der Waals surface area contributed by atoms with Crippen LogP contribution in [0.1, 0.15) is 27.8 Å². The van der Waals surface area contributed by atoms with E-state index in [4.69, 9.17) is 4.74 Å². The Bertz CT molecular complexity index is 983. The summed E-state index contributed by atoms with van der Waals surface area (Å²) in [5, 5.41) is 1.90. The van der Waals surface area contributed by atoms with Crippen LogP contribution in [0.2, 0.25) is 0 Å². The molecular formula is C17H14F4N4O2. The number of fused-ring (bicyclic) bond motifs is 1. The van der Waals surface area contributed by atoms with Crippen molar-refractivity contribution in [3.05, 3.63) is 59.4 Å². The average Bonchev–Trinajstić information content (AvgIpc) is 3.02. The van der Waals surface area contributed by atoms with Crippen LogP contribution in [-0.2, 0) is 0 Å². The van der Waals surface area contributed by atoms with Gasteiger partial charge in [0, 0.05) is 11.8 Å². The van der Waals surface area contributed by atoms with Crippen LogP contribution in [0.4, 0.5) is 17.6 Å². The topological polar surface area (TPSA) is 68.5 Å². The standard InChI is InChI=1S/C17H14F4N4O2/c1-9-7-12(27-2)25-8-22-13(15(25)23-9)16(26)24-14(17(19,20)21)10-3-5-11(18)6-4-10/h3-8,14H,1-2H3,(H,24,26). The van der Waals surface area contributed by atoms with Crippen LogP contribution in [0, 0.1) is 12.7 Å². The highest BCUT2D eigenvalue weighted by molar-refractivity contribution is 5.98. The largest absolute Gasteiger partial charge is 0.482 e. The van der Waals surface area contributed by atoms with Gasteiger partial charge in [-0.15, -0.1) is 0 Å². The predicted octanol–water partition coefficient (Wildman–Crippen LogP) is 3.22. The van der Waals surface area contributed by atoms with E-state index in [-0.39, 0.29) is 16.9 Å². The van der Waals surface area contributed by atoms with Crippen molar-refractivity contribution in [3.63, 3.8) is 0 Å². The number of methoxy groups -OCH3 is 1. The fourth-order valence-electron chi connectivity index (χ4n) is 2.58. The molecule has 0 aliphatic heterocycles. The minimum atomic E-state index is -4.79. The summed E-state index contributed by atoms with van der Waals surface area (Å²) in [7, 11) is 1.40. The zero-order valence-corrected chi connectivity index (χ0v) is 14.2. The lowest BCUT2D eigenvalue weighted by Gasteiger charge is -2.21. The van der Waals surface area contributed by atoms with E-state index < -0.39 is 23.9 Å². The molecule has 0 aliphatic rings. The summed E-state index contributed by atoms with van der Waals surface area (Å²) in [4.78, 5) is 20.5. The van der Waals surface area contributed by atoms with E-state index in [9.17, 15) is 22.4 Å². The molecule has 0 radical (unpaired) electrons. The van der Waals surface area contributed by atoms with Gasteiger partial charge in [-0.25, -0.2) is 14.4 Å². The predicted molar refractivity (Wildman–Crippen MR) is 86.9 cm³/mol. The number of rotatable bonds is 4. The average molecular weight is 382 g/mol. The molecule has 27 heavy (non-hydrogen) atoms. The first-order valence-electron chi connectivity index (χ1n) is 7.72. The molecule has 0 bridgehead atoms. The Morgan fingerprint density at radius 1 is 1.26 bits per heavy atom. The Balaban J connectivity index is 1.98. The Morgan fingerprint density at radius 2 is 1.93 bits per heavy atom. The Hall–Kier alpha value is -3.17. The number of nitrogens with zero attached hydrogens (tertiary/aromatic N) is 3. The van der Waals surface area contributed by atoms with Gasteiger partial charge in [0.25, 0.3) is 5.91 Å². The second kappa shape index (κ2) is 6.86. The smallest absolute Gasteiger partial charge is 0.412 e. The van der Waals surface area contributed by atoms with Gasteiger partial charge >= 0.3 is 6.18 Å². The Kier molecular flexibility index (Phi) is 4.73. The quantitative estimate of drug-likeness (QED) is 0.704. The van der Waals surface area contributed by atoms with E-state index in [0.717, 1.165) is 24.3 Å². The molecule has 0 fully saturated rings. The monoisotopic (exact) mass is 382 g/mol. The van der Waals surface area contributed by atoms with Gasteiger partial charge in [0.1, 0.15) is 12.1 Å². The van der Waals surface area contributed by atoms with E-state index in [0.29, 0.717) is 11.6 Å². The number of alkyl halides is 3. The summed E-state index contributed by atoms with van der Waals surface area (Å²) in [5.41, 5.74) is -0.0277. The maximum Gasteiger partial charge on any atom is 0.412 e. The molecule has 2 aromatic heterocycles. The molecule has 1 amide bonds. The number of hydrogen-bond donors (Lipinski definition) is 1. The number of imidazole rings is 1. The highest BCUT2D eigenvalue weighted by Crippen LogP contribution is 2.33. The number of aromatic nitrogens is 3. The fourth-order valence-corrected chi connectivity index (χ4v) is 2.58. The van der Waals surface area contributed by atoms with E-state index in [1.165, 1.54) is 17.8 Å². The van der Waals surface area contributed by atoms with Crippen molar-refractivity contribution in [2.45, 2.75) is 19.1 Å². The molecule has 0 spiro atoms. The minimum Gasteiger partial charge on any atom is -0.482 e. The van der Waals surface area contributed by atoms with Crippen molar-refractivity contribution < 1.29 is 27.1 Å². The number of halogens is 4. The van der Waals surface area contributed by atoms with Gasteiger partial charge < -0.3 is 10.1 Å². The van der Waals surface area contributed by atoms with Crippen LogP contribution in [0.3, 0.4) is 0 Å². The summed E-state index contributed by atoms with van der Waals surface area (Å²) in [6.07, 6.45) is -3.56. The number of benzene rings is 1. The molecule has 1 unspecified atom stereocenters. The van der Waals surface area contributed by atoms with Crippen LogP contribution in [0.25, 0.3) is 5.65 Å². The van der Waals surface area contributed by atoms with Gasteiger partial charge in [-0.1, -0.05) is 12.1 Å². The van der Waals surface area contributed by atoms with E-state index in [1.807, 2.05) is 5.32 Å². The summed E-state index contributed by atoms with van der Waals surface area (Å²) in [6.45, 7) is 1.65. The van der Waals surface area contributed by atoms with Gasteiger partial charge in [-0.3, -0.25) is 9.20 Å². The maximum atomic E-state index is 13.4. The first kappa shape index (κ1) is 18.6. The van der Waals surface area contributed by atoms with Crippen molar-refractivity contribution in [1.82, 2.24) is 19.7 Å². The van der Waals surface area contributed by atoms with Gasteiger partial charge in [0.2, 0.25) is 5.88 Å². The van der Waals surface area contributed by atoms with Gasteiger partial charge in [-0.05, 0) is 24.6 Å². The van der Waals surface area contributed by atoms with Gasteiger partial charge in [0.05, 0.1) is 7.11 Å². The van der Waals surface area contributed by atoms with Crippen molar-refractivity contribution in [2.24, 2.45) is 0 Å². The van der Waals surface area contributed by atoms with E-state index >= 15 is 0 Å². The van der Waals surface area contributed by atoms with Gasteiger partial charge in [-0.2, -0.15) is 13.2 Å². The minimum absolute atomic E-state index is 0.0596. The molecule has 1 N–H and O–H groups in total. The van der Waals surface area contributed by atoms with Crippen molar-refractivity contribution >= 4 is 11.6 Å². The zero-order valence-electron chi connectivity index (χ0n) is 14.2. The van der Waals surface area contributed by atoms with Crippen molar-refractivity contribution in [3.8, 4) is 5.88 Å².